The molecule has 2 heterocycles. The van der Waals surface area contributed by atoms with Crippen molar-refractivity contribution in [2.24, 2.45) is 34.5 Å². The SMILES string of the molecule is CN1CCCN(C(=O)OC2CCC3(C)C(CCC4C3CCC3(C)C(C5=CC(=O)OC5)CCC43O)C2)CC1. The minimum atomic E-state index is -0.676. The zero-order chi connectivity index (χ0) is 26.0. The van der Waals surface area contributed by atoms with Gasteiger partial charge in [0.25, 0.3) is 0 Å². The van der Waals surface area contributed by atoms with Crippen LogP contribution in [0.1, 0.15) is 78.1 Å². The second-order valence-electron chi connectivity index (χ2n) is 13.7. The van der Waals surface area contributed by atoms with Crippen LogP contribution in [0.25, 0.3) is 0 Å². The third-order valence-corrected chi connectivity index (χ3v) is 12.2. The number of carbonyl (C=O) groups excluding carboxylic acids is 2. The molecule has 5 fully saturated rings. The molecule has 1 amide bonds. The number of ether oxygens (including phenoxy) is 2. The van der Waals surface area contributed by atoms with E-state index >= 15 is 0 Å². The van der Waals surface area contributed by atoms with Gasteiger partial charge in [-0.3, -0.25) is 0 Å². The van der Waals surface area contributed by atoms with Crippen LogP contribution in [0.2, 0.25) is 0 Å². The zero-order valence-electron chi connectivity index (χ0n) is 23.0. The molecule has 0 spiro atoms. The van der Waals surface area contributed by atoms with E-state index < -0.39 is 5.60 Å². The molecule has 8 atom stereocenters. The molecule has 8 unspecified atom stereocenters. The fourth-order valence-corrected chi connectivity index (χ4v) is 9.92. The topological polar surface area (TPSA) is 79.3 Å². The van der Waals surface area contributed by atoms with Crippen LogP contribution >= 0.6 is 0 Å². The third-order valence-electron chi connectivity index (χ3n) is 12.2. The number of amides is 1. The van der Waals surface area contributed by atoms with Crippen molar-refractivity contribution in [2.75, 3.05) is 39.8 Å². The van der Waals surface area contributed by atoms with Crippen LogP contribution in [0.3, 0.4) is 0 Å². The molecule has 6 rings (SSSR count). The Kier molecular flexibility index (Phi) is 6.42. The third kappa shape index (κ3) is 4.05. The number of hydrogen-bond acceptors (Lipinski definition) is 6. The van der Waals surface area contributed by atoms with Gasteiger partial charge in [0.2, 0.25) is 0 Å². The average Bonchev–Trinajstić information content (AvgIpc) is 3.32. The van der Waals surface area contributed by atoms with E-state index in [9.17, 15) is 14.7 Å². The van der Waals surface area contributed by atoms with Crippen LogP contribution in [-0.4, -0.2) is 78.5 Å². The van der Waals surface area contributed by atoms with Crippen LogP contribution in [0.15, 0.2) is 11.6 Å². The zero-order valence-corrected chi connectivity index (χ0v) is 23.0. The fraction of sp³-hybridized carbons (Fsp3) is 0.867. The van der Waals surface area contributed by atoms with Gasteiger partial charge in [-0.2, -0.15) is 0 Å². The molecule has 6 aliphatic rings. The Morgan fingerprint density at radius 1 is 1.03 bits per heavy atom. The molecule has 1 saturated heterocycles. The van der Waals surface area contributed by atoms with E-state index in [1.807, 2.05) is 4.90 Å². The summed E-state index contributed by atoms with van der Waals surface area (Å²) in [6.45, 7) is 8.65. The molecule has 0 aromatic rings. The smallest absolute Gasteiger partial charge is 0.410 e. The van der Waals surface area contributed by atoms with Crippen molar-refractivity contribution in [3.8, 4) is 0 Å². The van der Waals surface area contributed by atoms with Crippen LogP contribution in [-0.2, 0) is 14.3 Å². The molecule has 0 aromatic carbocycles. The number of likely N-dealkylation sites (N-methyl/N-ethyl adjacent to an activating group) is 1. The molecule has 1 N–H and O–H groups in total. The van der Waals surface area contributed by atoms with Gasteiger partial charge in [0.05, 0.1) is 5.60 Å². The molecule has 37 heavy (non-hydrogen) atoms. The lowest BCUT2D eigenvalue weighted by molar-refractivity contribution is -0.208. The van der Waals surface area contributed by atoms with Gasteiger partial charge in [0.1, 0.15) is 12.7 Å². The molecule has 206 valence electrons. The number of fused-ring (bicyclic) bond motifs is 5. The first-order valence-corrected chi connectivity index (χ1v) is 14.9. The molecule has 4 saturated carbocycles. The van der Waals surface area contributed by atoms with Crippen molar-refractivity contribution in [2.45, 2.75) is 89.8 Å². The maximum absolute atomic E-state index is 13.0. The van der Waals surface area contributed by atoms with Crippen LogP contribution in [0.5, 0.6) is 0 Å². The van der Waals surface area contributed by atoms with Gasteiger partial charge in [-0.15, -0.1) is 0 Å². The summed E-state index contributed by atoms with van der Waals surface area (Å²) in [4.78, 5) is 29.0. The van der Waals surface area contributed by atoms with E-state index in [0.29, 0.717) is 24.4 Å². The van der Waals surface area contributed by atoms with E-state index in [1.54, 1.807) is 6.08 Å². The van der Waals surface area contributed by atoms with Crippen LogP contribution in [0, 0.1) is 34.5 Å². The number of esters is 1. The first kappa shape index (κ1) is 25.7. The molecule has 0 radical (unpaired) electrons. The summed E-state index contributed by atoms with van der Waals surface area (Å²) < 4.78 is 11.4. The average molecular weight is 515 g/mol. The minimum Gasteiger partial charge on any atom is -0.458 e. The van der Waals surface area contributed by atoms with Crippen LogP contribution in [0.4, 0.5) is 4.79 Å². The van der Waals surface area contributed by atoms with E-state index in [4.69, 9.17) is 9.47 Å². The minimum absolute atomic E-state index is 0.0164. The van der Waals surface area contributed by atoms with E-state index in [2.05, 4.69) is 25.8 Å². The molecular weight excluding hydrogens is 468 g/mol. The second-order valence-corrected chi connectivity index (χ2v) is 13.7. The first-order valence-electron chi connectivity index (χ1n) is 14.9. The quantitative estimate of drug-likeness (QED) is 0.551. The Morgan fingerprint density at radius 2 is 1.86 bits per heavy atom. The standard InChI is InChI=1S/C30H46N2O5/c1-28-10-7-22(37-27(34)32-14-4-13-31(3)15-16-32)18-21(28)5-6-25-24(28)8-11-29(2)23(9-12-30(25,29)35)20-17-26(33)36-19-20/h17,21-25,35H,4-16,18-19H2,1-3H3. The molecule has 7 heteroatoms. The number of aliphatic hydroxyl groups is 1. The van der Waals surface area contributed by atoms with Crippen molar-refractivity contribution < 1.29 is 24.2 Å². The Hall–Kier alpha value is -1.60. The second kappa shape index (κ2) is 9.25. The monoisotopic (exact) mass is 514 g/mol. The van der Waals surface area contributed by atoms with Crippen molar-refractivity contribution in [1.29, 1.82) is 0 Å². The summed E-state index contributed by atoms with van der Waals surface area (Å²) in [6.07, 6.45) is 11.6. The maximum atomic E-state index is 13.0. The Bertz CT molecular complexity index is 968. The van der Waals surface area contributed by atoms with Crippen molar-refractivity contribution in [3.63, 3.8) is 0 Å². The van der Waals surface area contributed by atoms with Crippen molar-refractivity contribution in [1.82, 2.24) is 9.80 Å². The number of hydrogen-bond donors (Lipinski definition) is 1. The summed E-state index contributed by atoms with van der Waals surface area (Å²) in [5.74, 6) is 1.38. The Morgan fingerprint density at radius 3 is 2.65 bits per heavy atom. The summed E-state index contributed by atoms with van der Waals surface area (Å²) >= 11 is 0. The van der Waals surface area contributed by atoms with Crippen molar-refractivity contribution in [3.05, 3.63) is 11.6 Å². The highest BCUT2D eigenvalue weighted by Crippen LogP contribution is 2.70. The molecular formula is C30H46N2O5. The lowest BCUT2D eigenvalue weighted by Gasteiger charge is -2.63. The Balaban J connectivity index is 1.13. The molecule has 2 aliphatic heterocycles. The lowest BCUT2D eigenvalue weighted by atomic mass is 9.43. The lowest BCUT2D eigenvalue weighted by Crippen LogP contribution is -2.62. The number of nitrogens with zero attached hydrogens (tertiary/aromatic N) is 2. The number of cyclic esters (lactones) is 1. The summed E-state index contributed by atoms with van der Waals surface area (Å²) in [6, 6.07) is 0. The summed E-state index contributed by atoms with van der Waals surface area (Å²) in [5.41, 5.74) is 0.424. The highest BCUT2D eigenvalue weighted by atomic mass is 16.6. The molecule has 0 bridgehead atoms. The van der Waals surface area contributed by atoms with Gasteiger partial charge >= 0.3 is 12.1 Å². The van der Waals surface area contributed by atoms with Crippen molar-refractivity contribution >= 4 is 12.1 Å². The first-order chi connectivity index (χ1) is 17.6. The highest BCUT2D eigenvalue weighted by molar-refractivity contribution is 5.85. The van der Waals surface area contributed by atoms with Gasteiger partial charge < -0.3 is 24.4 Å². The summed E-state index contributed by atoms with van der Waals surface area (Å²) in [5, 5.41) is 12.4. The molecule has 7 nitrogen and oxygen atoms in total. The highest BCUT2D eigenvalue weighted by Gasteiger charge is 2.67. The van der Waals surface area contributed by atoms with Gasteiger partial charge in [-0.05, 0) is 112 Å². The largest absolute Gasteiger partial charge is 0.458 e. The van der Waals surface area contributed by atoms with E-state index in [-0.39, 0.29) is 34.9 Å². The number of rotatable bonds is 2. The maximum Gasteiger partial charge on any atom is 0.410 e. The van der Waals surface area contributed by atoms with Gasteiger partial charge in [0.15, 0.2) is 0 Å². The molecule has 0 aromatic heterocycles. The number of carbonyl (C=O) groups is 2. The van der Waals surface area contributed by atoms with E-state index in [0.717, 1.165) is 96.0 Å². The Labute approximate surface area is 221 Å². The van der Waals surface area contributed by atoms with Gasteiger partial charge in [-0.1, -0.05) is 13.8 Å². The summed E-state index contributed by atoms with van der Waals surface area (Å²) in [7, 11) is 2.12. The predicted molar refractivity (Wildman–Crippen MR) is 140 cm³/mol. The fourth-order valence-electron chi connectivity index (χ4n) is 9.92. The predicted octanol–water partition coefficient (Wildman–Crippen LogP) is 4.39. The van der Waals surface area contributed by atoms with Gasteiger partial charge in [0, 0.05) is 31.1 Å². The normalized spacial score (nSPS) is 46.3. The van der Waals surface area contributed by atoms with Crippen LogP contribution < -0.4 is 0 Å². The van der Waals surface area contributed by atoms with E-state index in [1.165, 1.54) is 0 Å². The molecule has 4 aliphatic carbocycles. The van der Waals surface area contributed by atoms with Gasteiger partial charge in [-0.25, -0.2) is 9.59 Å².